The fraction of sp³-hybridized carbons (Fsp3) is 0.0556. The van der Waals surface area contributed by atoms with E-state index in [1.165, 1.54) is 18.3 Å². The summed E-state index contributed by atoms with van der Waals surface area (Å²) >= 11 is 11.7. The van der Waals surface area contributed by atoms with Gasteiger partial charge in [-0.1, -0.05) is 35.3 Å². The molecule has 1 N–H and O–H groups in total. The van der Waals surface area contributed by atoms with Gasteiger partial charge in [-0.2, -0.15) is 5.10 Å². The van der Waals surface area contributed by atoms with Crippen LogP contribution in [0.1, 0.15) is 11.3 Å². The van der Waals surface area contributed by atoms with Crippen LogP contribution in [0.2, 0.25) is 10.0 Å². The predicted octanol–water partition coefficient (Wildman–Crippen LogP) is 5.29. The lowest BCUT2D eigenvalue weighted by Gasteiger charge is -2.00. The number of furan rings is 1. The molecule has 1 aromatic heterocycles. The van der Waals surface area contributed by atoms with Gasteiger partial charge in [-0.3, -0.25) is 10.1 Å². The molecule has 0 saturated heterocycles. The summed E-state index contributed by atoms with van der Waals surface area (Å²) in [4.78, 5) is 10.4. The van der Waals surface area contributed by atoms with Crippen LogP contribution in [0, 0.1) is 10.1 Å². The largest absolute Gasteiger partial charge is 0.455 e. The Hall–Kier alpha value is -2.83. The van der Waals surface area contributed by atoms with E-state index in [0.717, 1.165) is 5.56 Å². The molecule has 0 saturated carbocycles. The third-order valence-electron chi connectivity index (χ3n) is 3.53. The Morgan fingerprint density at radius 3 is 2.62 bits per heavy atom. The standard InChI is InChI=1S/C18H13Cl2N3O3/c19-14-4-1-12(2-5-14)10-21-22-11-15-6-8-18(26-15)13-3-7-16(20)17(9-13)23(24)25/h1-9,11,21H,10H2/b22-11-. The second-order valence-corrected chi connectivity index (χ2v) is 6.19. The Morgan fingerprint density at radius 1 is 1.12 bits per heavy atom. The molecule has 6 nitrogen and oxygen atoms in total. The van der Waals surface area contributed by atoms with Crippen molar-refractivity contribution >= 4 is 35.1 Å². The number of hydrogen-bond donors (Lipinski definition) is 1. The first kappa shape index (κ1) is 18.0. The van der Waals surface area contributed by atoms with Crippen LogP contribution in [0.25, 0.3) is 11.3 Å². The normalized spacial score (nSPS) is 11.0. The number of hydrazone groups is 1. The van der Waals surface area contributed by atoms with E-state index in [1.54, 1.807) is 18.2 Å². The summed E-state index contributed by atoms with van der Waals surface area (Å²) in [6.07, 6.45) is 1.53. The molecule has 3 rings (SSSR count). The molecule has 0 spiro atoms. The van der Waals surface area contributed by atoms with Gasteiger partial charge in [-0.05, 0) is 42.0 Å². The molecule has 0 aliphatic heterocycles. The van der Waals surface area contributed by atoms with E-state index in [2.05, 4.69) is 10.5 Å². The van der Waals surface area contributed by atoms with Crippen molar-refractivity contribution in [3.05, 3.63) is 86.1 Å². The van der Waals surface area contributed by atoms with E-state index in [4.69, 9.17) is 27.6 Å². The number of rotatable bonds is 6. The number of nitrogens with one attached hydrogen (secondary N) is 1. The first-order valence-corrected chi connectivity index (χ1v) is 8.33. The van der Waals surface area contributed by atoms with Gasteiger partial charge >= 0.3 is 0 Å². The number of nitrogens with zero attached hydrogens (tertiary/aromatic N) is 2. The first-order valence-electron chi connectivity index (χ1n) is 7.57. The Bertz CT molecular complexity index is 953. The summed E-state index contributed by atoms with van der Waals surface area (Å²) < 4.78 is 5.64. The Kier molecular flexibility index (Phi) is 5.55. The Labute approximate surface area is 159 Å². The maximum absolute atomic E-state index is 11.0. The summed E-state index contributed by atoms with van der Waals surface area (Å²) in [6.45, 7) is 0.546. The highest BCUT2D eigenvalue weighted by Gasteiger charge is 2.15. The van der Waals surface area contributed by atoms with Crippen molar-refractivity contribution in [3.8, 4) is 11.3 Å². The average Bonchev–Trinajstić information content (AvgIpc) is 3.09. The Morgan fingerprint density at radius 2 is 1.88 bits per heavy atom. The zero-order valence-electron chi connectivity index (χ0n) is 13.4. The van der Waals surface area contributed by atoms with E-state index in [0.29, 0.717) is 28.7 Å². The number of benzene rings is 2. The summed E-state index contributed by atoms with van der Waals surface area (Å²) in [6, 6.07) is 15.4. The minimum Gasteiger partial charge on any atom is -0.455 e. The first-order chi connectivity index (χ1) is 12.5. The van der Waals surface area contributed by atoms with Gasteiger partial charge in [-0.25, -0.2) is 0 Å². The predicted molar refractivity (Wildman–Crippen MR) is 102 cm³/mol. The van der Waals surface area contributed by atoms with Gasteiger partial charge in [0.05, 0.1) is 17.7 Å². The van der Waals surface area contributed by atoms with Crippen LogP contribution < -0.4 is 5.43 Å². The van der Waals surface area contributed by atoms with Gasteiger partial charge in [0.15, 0.2) is 0 Å². The quantitative estimate of drug-likeness (QED) is 0.353. The fourth-order valence-corrected chi connectivity index (χ4v) is 2.54. The van der Waals surface area contributed by atoms with Crippen molar-refractivity contribution in [2.75, 3.05) is 0 Å². The van der Waals surface area contributed by atoms with Crippen molar-refractivity contribution in [2.45, 2.75) is 6.54 Å². The smallest absolute Gasteiger partial charge is 0.288 e. The zero-order chi connectivity index (χ0) is 18.5. The highest BCUT2D eigenvalue weighted by atomic mass is 35.5. The molecule has 0 radical (unpaired) electrons. The van der Waals surface area contributed by atoms with Crippen LogP contribution >= 0.6 is 23.2 Å². The monoisotopic (exact) mass is 389 g/mol. The van der Waals surface area contributed by atoms with Crippen molar-refractivity contribution in [1.29, 1.82) is 0 Å². The van der Waals surface area contributed by atoms with Gasteiger partial charge in [0.2, 0.25) is 0 Å². The van der Waals surface area contributed by atoms with Gasteiger partial charge in [0.1, 0.15) is 16.5 Å². The third-order valence-corrected chi connectivity index (χ3v) is 4.11. The summed E-state index contributed by atoms with van der Waals surface area (Å²) in [5.74, 6) is 1.00. The lowest BCUT2D eigenvalue weighted by atomic mass is 10.1. The number of nitro groups is 1. The highest BCUT2D eigenvalue weighted by Crippen LogP contribution is 2.30. The molecule has 2 aromatic carbocycles. The van der Waals surface area contributed by atoms with Crippen molar-refractivity contribution in [3.63, 3.8) is 0 Å². The molecule has 132 valence electrons. The number of hydrogen-bond acceptors (Lipinski definition) is 5. The molecule has 3 aromatic rings. The van der Waals surface area contributed by atoms with Crippen LogP contribution in [0.15, 0.2) is 64.1 Å². The van der Waals surface area contributed by atoms with Crippen LogP contribution in [0.3, 0.4) is 0 Å². The van der Waals surface area contributed by atoms with Gasteiger partial charge < -0.3 is 9.84 Å². The molecule has 1 heterocycles. The van der Waals surface area contributed by atoms with Crippen LogP contribution in [0.4, 0.5) is 5.69 Å². The van der Waals surface area contributed by atoms with E-state index in [-0.39, 0.29) is 10.7 Å². The maximum Gasteiger partial charge on any atom is 0.288 e. The minimum absolute atomic E-state index is 0.0819. The molecule has 0 atom stereocenters. The van der Waals surface area contributed by atoms with Crippen molar-refractivity contribution in [2.24, 2.45) is 5.10 Å². The van der Waals surface area contributed by atoms with E-state index in [9.17, 15) is 10.1 Å². The lowest BCUT2D eigenvalue weighted by Crippen LogP contribution is -2.05. The molecule has 0 amide bonds. The van der Waals surface area contributed by atoms with Crippen LogP contribution in [0.5, 0.6) is 0 Å². The second-order valence-electron chi connectivity index (χ2n) is 5.34. The zero-order valence-corrected chi connectivity index (χ0v) is 14.9. The molecular formula is C18H13Cl2N3O3. The van der Waals surface area contributed by atoms with Gasteiger partial charge in [0, 0.05) is 16.7 Å². The number of nitro benzene ring substituents is 1. The van der Waals surface area contributed by atoms with E-state index >= 15 is 0 Å². The fourth-order valence-electron chi connectivity index (χ4n) is 2.23. The average molecular weight is 390 g/mol. The van der Waals surface area contributed by atoms with Gasteiger partial charge in [-0.15, -0.1) is 0 Å². The lowest BCUT2D eigenvalue weighted by molar-refractivity contribution is -0.384. The van der Waals surface area contributed by atoms with Crippen molar-refractivity contribution in [1.82, 2.24) is 5.43 Å². The van der Waals surface area contributed by atoms with E-state index in [1.807, 2.05) is 24.3 Å². The van der Waals surface area contributed by atoms with Crippen LogP contribution in [-0.4, -0.2) is 11.1 Å². The SMILES string of the molecule is O=[N+]([O-])c1cc(-c2ccc(/C=N\NCc3ccc(Cl)cc3)o2)ccc1Cl. The second kappa shape index (κ2) is 8.03. The summed E-state index contributed by atoms with van der Waals surface area (Å²) in [7, 11) is 0. The van der Waals surface area contributed by atoms with E-state index < -0.39 is 4.92 Å². The topological polar surface area (TPSA) is 80.7 Å². The van der Waals surface area contributed by atoms with Crippen molar-refractivity contribution < 1.29 is 9.34 Å². The molecule has 0 aliphatic rings. The molecule has 8 heteroatoms. The summed E-state index contributed by atoms with van der Waals surface area (Å²) in [5, 5.41) is 15.8. The molecule has 0 bridgehead atoms. The number of halogens is 2. The maximum atomic E-state index is 11.0. The molecule has 0 fully saturated rings. The van der Waals surface area contributed by atoms with Gasteiger partial charge in [0.25, 0.3) is 5.69 Å². The minimum atomic E-state index is -0.530. The molecule has 0 unspecified atom stereocenters. The Balaban J connectivity index is 1.65. The highest BCUT2D eigenvalue weighted by molar-refractivity contribution is 6.32. The molecule has 0 aliphatic carbocycles. The third kappa shape index (κ3) is 4.41. The molecule has 26 heavy (non-hydrogen) atoms. The van der Waals surface area contributed by atoms with Crippen LogP contribution in [-0.2, 0) is 6.54 Å². The molecular weight excluding hydrogens is 377 g/mol. The summed E-state index contributed by atoms with van der Waals surface area (Å²) in [5.41, 5.74) is 4.35.